The fourth-order valence-corrected chi connectivity index (χ4v) is 2.25. The first-order chi connectivity index (χ1) is 9.58. The van der Waals surface area contributed by atoms with Gasteiger partial charge in [-0.2, -0.15) is 0 Å². The van der Waals surface area contributed by atoms with Gasteiger partial charge in [-0.05, 0) is 31.2 Å². The van der Waals surface area contributed by atoms with Crippen LogP contribution in [0.3, 0.4) is 0 Å². The highest BCUT2D eigenvalue weighted by Gasteiger charge is 2.15. The maximum absolute atomic E-state index is 11.9. The molecule has 106 valence electrons. The molecule has 0 aliphatic carbocycles. The number of carbonyl (C=O) groups excluding carboxylic acids is 1. The summed E-state index contributed by atoms with van der Waals surface area (Å²) >= 11 is 12.0. The van der Waals surface area contributed by atoms with Gasteiger partial charge in [0.05, 0.1) is 22.0 Å². The zero-order valence-electron chi connectivity index (χ0n) is 10.9. The number of rotatable bonds is 5. The van der Waals surface area contributed by atoms with E-state index in [0.717, 1.165) is 5.76 Å². The average Bonchev–Trinajstić information content (AvgIpc) is 2.94. The van der Waals surface area contributed by atoms with Crippen LogP contribution in [0.2, 0.25) is 10.0 Å². The Labute approximate surface area is 127 Å². The van der Waals surface area contributed by atoms with Crippen LogP contribution >= 0.6 is 23.2 Å². The van der Waals surface area contributed by atoms with Gasteiger partial charge in [-0.25, -0.2) is 0 Å². The molecule has 6 heteroatoms. The van der Waals surface area contributed by atoms with Crippen molar-refractivity contribution in [2.24, 2.45) is 0 Å². The van der Waals surface area contributed by atoms with E-state index in [9.17, 15) is 4.79 Å². The third kappa shape index (κ3) is 3.76. The second-order valence-electron chi connectivity index (χ2n) is 4.39. The Morgan fingerprint density at radius 2 is 2.00 bits per heavy atom. The van der Waals surface area contributed by atoms with E-state index in [4.69, 9.17) is 27.6 Å². The number of nitrogens with two attached hydrogens (primary N) is 1. The van der Waals surface area contributed by atoms with E-state index in [1.165, 1.54) is 0 Å². The molecule has 0 unspecified atom stereocenters. The summed E-state index contributed by atoms with van der Waals surface area (Å²) in [6.45, 7) is 2.22. The number of amides is 1. The summed E-state index contributed by atoms with van der Waals surface area (Å²) in [6, 6.07) is 8.85. The number of hydrogen-bond acceptors (Lipinski definition) is 2. The number of anilines is 1. The minimum atomic E-state index is -0.168. The van der Waals surface area contributed by atoms with E-state index >= 15 is 0 Å². The van der Waals surface area contributed by atoms with Gasteiger partial charge in [-0.1, -0.05) is 29.3 Å². The Kier molecular flexibility index (Phi) is 5.06. The predicted octanol–water partition coefficient (Wildman–Crippen LogP) is 2.85. The number of furan rings is 1. The lowest BCUT2D eigenvalue weighted by atomic mass is 10.2. The van der Waals surface area contributed by atoms with Crippen molar-refractivity contribution in [2.75, 3.05) is 11.9 Å². The van der Waals surface area contributed by atoms with E-state index in [1.807, 2.05) is 24.4 Å². The van der Waals surface area contributed by atoms with Gasteiger partial charge in [-0.3, -0.25) is 4.79 Å². The minimum Gasteiger partial charge on any atom is -0.463 e. The van der Waals surface area contributed by atoms with Crippen molar-refractivity contribution >= 4 is 34.8 Å². The molecule has 1 heterocycles. The molecular weight excluding hydrogens is 299 g/mol. The molecule has 0 bridgehead atoms. The molecule has 4 nitrogen and oxygen atoms in total. The van der Waals surface area contributed by atoms with Crippen molar-refractivity contribution in [2.45, 2.75) is 13.0 Å². The molecule has 0 spiro atoms. The molecule has 1 aromatic heterocycles. The van der Waals surface area contributed by atoms with E-state index < -0.39 is 0 Å². The van der Waals surface area contributed by atoms with Crippen LogP contribution in [0.25, 0.3) is 0 Å². The molecule has 1 aromatic carbocycles. The van der Waals surface area contributed by atoms with Gasteiger partial charge >= 0.3 is 0 Å². The largest absolute Gasteiger partial charge is 0.463 e. The first-order valence-corrected chi connectivity index (χ1v) is 6.94. The fraction of sp³-hybridized carbons (Fsp3) is 0.214. The molecule has 0 fully saturated rings. The molecule has 20 heavy (non-hydrogen) atoms. The summed E-state index contributed by atoms with van der Waals surface area (Å²) in [6.07, 6.45) is 1.61. The lowest BCUT2D eigenvalue weighted by Crippen LogP contribution is -2.86. The summed E-state index contributed by atoms with van der Waals surface area (Å²) in [5, 5.41) is 5.43. The van der Waals surface area contributed by atoms with Crippen LogP contribution in [-0.4, -0.2) is 12.5 Å². The van der Waals surface area contributed by atoms with Gasteiger partial charge in [-0.15, -0.1) is 0 Å². The quantitative estimate of drug-likeness (QED) is 0.891. The van der Waals surface area contributed by atoms with Crippen LogP contribution in [-0.2, 0) is 4.79 Å². The monoisotopic (exact) mass is 313 g/mol. The van der Waals surface area contributed by atoms with E-state index in [0.29, 0.717) is 15.7 Å². The highest BCUT2D eigenvalue weighted by atomic mass is 35.5. The standard InChI is InChI=1S/C14H14Cl2N2O2/c1-9(12-6-3-7-20-12)17-8-13(19)18-14-10(15)4-2-5-11(14)16/h2-7,9,17H,8H2,1H3,(H,18,19)/p+1/t9-/m1/s1. The number of nitrogens with one attached hydrogen (secondary N) is 1. The van der Waals surface area contributed by atoms with Crippen LogP contribution in [0.5, 0.6) is 0 Å². The number of quaternary nitrogens is 1. The Morgan fingerprint density at radius 1 is 1.30 bits per heavy atom. The second kappa shape index (κ2) is 6.79. The van der Waals surface area contributed by atoms with Crippen molar-refractivity contribution in [3.63, 3.8) is 0 Å². The van der Waals surface area contributed by atoms with E-state index in [1.54, 1.807) is 24.5 Å². The summed E-state index contributed by atoms with van der Waals surface area (Å²) in [4.78, 5) is 11.9. The third-order valence-corrected chi connectivity index (χ3v) is 3.51. The van der Waals surface area contributed by atoms with E-state index in [-0.39, 0.29) is 18.5 Å². The Balaban J connectivity index is 1.90. The van der Waals surface area contributed by atoms with Gasteiger partial charge in [0.15, 0.2) is 12.3 Å². The minimum absolute atomic E-state index is 0.0671. The normalized spacial score (nSPS) is 12.2. The molecule has 0 radical (unpaired) electrons. The lowest BCUT2D eigenvalue weighted by molar-refractivity contribution is -0.684. The van der Waals surface area contributed by atoms with Gasteiger partial charge in [0.1, 0.15) is 6.04 Å². The van der Waals surface area contributed by atoms with Crippen LogP contribution < -0.4 is 10.6 Å². The van der Waals surface area contributed by atoms with Crippen molar-refractivity contribution in [1.29, 1.82) is 0 Å². The highest BCUT2D eigenvalue weighted by molar-refractivity contribution is 6.39. The van der Waals surface area contributed by atoms with Crippen molar-refractivity contribution in [1.82, 2.24) is 0 Å². The molecule has 0 saturated carbocycles. The number of carbonyl (C=O) groups is 1. The molecule has 3 N–H and O–H groups in total. The smallest absolute Gasteiger partial charge is 0.279 e. The molecule has 0 aliphatic heterocycles. The van der Waals surface area contributed by atoms with Crippen LogP contribution in [0.15, 0.2) is 41.0 Å². The first kappa shape index (κ1) is 14.9. The van der Waals surface area contributed by atoms with Crippen LogP contribution in [0.1, 0.15) is 18.7 Å². The lowest BCUT2D eigenvalue weighted by Gasteiger charge is -2.10. The van der Waals surface area contributed by atoms with Crippen LogP contribution in [0.4, 0.5) is 5.69 Å². The number of hydrogen-bond donors (Lipinski definition) is 2. The first-order valence-electron chi connectivity index (χ1n) is 6.18. The second-order valence-corrected chi connectivity index (χ2v) is 5.20. The van der Waals surface area contributed by atoms with Crippen molar-refractivity contribution < 1.29 is 14.5 Å². The zero-order chi connectivity index (χ0) is 14.5. The third-order valence-electron chi connectivity index (χ3n) is 2.88. The van der Waals surface area contributed by atoms with Crippen LogP contribution in [0, 0.1) is 0 Å². The molecule has 2 rings (SSSR count). The van der Waals surface area contributed by atoms with Gasteiger partial charge < -0.3 is 15.1 Å². The van der Waals surface area contributed by atoms with Gasteiger partial charge in [0.2, 0.25) is 0 Å². The van der Waals surface area contributed by atoms with Gasteiger partial charge in [0.25, 0.3) is 5.91 Å². The Morgan fingerprint density at radius 3 is 2.60 bits per heavy atom. The molecule has 0 saturated heterocycles. The number of halogens is 2. The Bertz CT molecular complexity index is 565. The maximum atomic E-state index is 11.9. The van der Waals surface area contributed by atoms with E-state index in [2.05, 4.69) is 5.32 Å². The molecule has 1 amide bonds. The van der Waals surface area contributed by atoms with Gasteiger partial charge in [0, 0.05) is 0 Å². The molecular formula is C14H15Cl2N2O2+. The number of benzene rings is 1. The Hall–Kier alpha value is -1.49. The molecule has 0 aliphatic rings. The molecule has 2 aromatic rings. The maximum Gasteiger partial charge on any atom is 0.279 e. The summed E-state index contributed by atoms with van der Waals surface area (Å²) in [5.74, 6) is 0.659. The topological polar surface area (TPSA) is 58.9 Å². The molecule has 1 atom stereocenters. The fourth-order valence-electron chi connectivity index (χ4n) is 1.76. The van der Waals surface area contributed by atoms with Crippen molar-refractivity contribution in [3.05, 3.63) is 52.4 Å². The summed E-state index contributed by atoms with van der Waals surface area (Å²) < 4.78 is 5.28. The zero-order valence-corrected chi connectivity index (χ0v) is 12.4. The van der Waals surface area contributed by atoms with Crippen molar-refractivity contribution in [3.8, 4) is 0 Å². The SMILES string of the molecule is C[C@@H]([NH2+]CC(=O)Nc1c(Cl)cccc1Cl)c1ccco1. The summed E-state index contributed by atoms with van der Waals surface area (Å²) in [7, 11) is 0. The average molecular weight is 314 g/mol. The highest BCUT2D eigenvalue weighted by Crippen LogP contribution is 2.29. The number of para-hydroxylation sites is 1. The predicted molar refractivity (Wildman–Crippen MR) is 79.0 cm³/mol. The summed E-state index contributed by atoms with van der Waals surface area (Å²) in [5.41, 5.74) is 0.444.